The van der Waals surface area contributed by atoms with E-state index in [9.17, 15) is 27.6 Å². The SMILES string of the molecule is CCNC1CCN(C(=O)c2c(C)cc(C(F)(F)F)nc2-c2ccnc3cc(CN4C(=O)C5C(C4=O)C5(C)C)sc23)C1.Cl.Cl. The molecule has 232 valence electrons. The van der Waals surface area contributed by atoms with Crippen LogP contribution in [-0.2, 0) is 22.3 Å². The summed E-state index contributed by atoms with van der Waals surface area (Å²) >= 11 is 1.24. The van der Waals surface area contributed by atoms with E-state index in [4.69, 9.17) is 0 Å². The molecule has 2 aliphatic heterocycles. The number of piperidine rings is 1. The molecule has 1 aliphatic carbocycles. The van der Waals surface area contributed by atoms with Crippen molar-refractivity contribution in [1.82, 2.24) is 25.1 Å². The van der Waals surface area contributed by atoms with E-state index in [1.54, 1.807) is 17.0 Å². The number of nitrogens with zero attached hydrogens (tertiary/aromatic N) is 4. The van der Waals surface area contributed by atoms with Gasteiger partial charge < -0.3 is 10.2 Å². The quantitative estimate of drug-likeness (QED) is 0.352. The average Bonchev–Trinajstić information content (AvgIpc) is 3.31. The van der Waals surface area contributed by atoms with Gasteiger partial charge >= 0.3 is 6.18 Å². The molecule has 2 saturated heterocycles. The highest BCUT2D eigenvalue weighted by Crippen LogP contribution is 2.63. The summed E-state index contributed by atoms with van der Waals surface area (Å²) in [5, 5.41) is 3.33. The fraction of sp³-hybridized carbons (Fsp3) is 0.483. The Bertz CT molecular complexity index is 1590. The van der Waals surface area contributed by atoms with E-state index in [0.717, 1.165) is 19.0 Å². The molecule has 3 unspecified atom stereocenters. The normalized spacial score (nSPS) is 22.4. The molecule has 0 spiro atoms. The number of imide groups is 1. The molecule has 0 radical (unpaired) electrons. The number of carbonyl (C=O) groups is 3. The van der Waals surface area contributed by atoms with E-state index in [0.29, 0.717) is 33.7 Å². The molecule has 3 atom stereocenters. The van der Waals surface area contributed by atoms with Gasteiger partial charge in [0, 0.05) is 35.8 Å². The largest absolute Gasteiger partial charge is 0.433 e. The Balaban J connectivity index is 0.00000212. The summed E-state index contributed by atoms with van der Waals surface area (Å²) in [7, 11) is 0. The Hall–Kier alpha value is -2.80. The van der Waals surface area contributed by atoms with Crippen LogP contribution in [0.15, 0.2) is 24.4 Å². The van der Waals surface area contributed by atoms with Gasteiger partial charge in [-0.2, -0.15) is 13.2 Å². The zero-order chi connectivity index (χ0) is 29.4. The van der Waals surface area contributed by atoms with Crippen LogP contribution in [0.2, 0.25) is 0 Å². The maximum Gasteiger partial charge on any atom is 0.433 e. The summed E-state index contributed by atoms with van der Waals surface area (Å²) in [5.74, 6) is -1.36. The molecule has 14 heteroatoms. The van der Waals surface area contributed by atoms with Crippen LogP contribution in [0.3, 0.4) is 0 Å². The third-order valence-electron chi connectivity index (χ3n) is 8.61. The first kappa shape index (κ1) is 33.1. The standard InChI is InChI=1S/C29H30F3N5O3S.2ClH/c1-5-33-15-7-9-36(12-15)25(38)20-14(2)10-19(29(30,31)32)35-23(20)17-6-8-34-18-11-16(41-24(17)18)13-37-26(39)21-22(27(37)40)28(21,3)4;;/h6,8,10-11,15,21-22,33H,5,7,9,12-13H2,1-4H3;2*1H. The predicted octanol–water partition coefficient (Wildman–Crippen LogP) is 5.49. The molecule has 6 rings (SSSR count). The van der Waals surface area contributed by atoms with Crippen molar-refractivity contribution in [1.29, 1.82) is 0 Å². The van der Waals surface area contributed by atoms with Gasteiger partial charge in [-0.15, -0.1) is 36.2 Å². The number of aromatic nitrogens is 2. The summed E-state index contributed by atoms with van der Waals surface area (Å²) < 4.78 is 42.2. The second-order valence-corrected chi connectivity index (χ2v) is 12.8. The average molecular weight is 659 g/mol. The molecular weight excluding hydrogens is 626 g/mol. The van der Waals surface area contributed by atoms with Gasteiger partial charge in [0.2, 0.25) is 11.8 Å². The van der Waals surface area contributed by atoms with Crippen molar-refractivity contribution in [3.05, 3.63) is 46.1 Å². The lowest BCUT2D eigenvalue weighted by molar-refractivity contribution is -0.144. The van der Waals surface area contributed by atoms with Crippen LogP contribution in [0.25, 0.3) is 21.5 Å². The first-order valence-electron chi connectivity index (χ1n) is 13.7. The van der Waals surface area contributed by atoms with Crippen molar-refractivity contribution in [2.45, 2.75) is 52.9 Å². The van der Waals surface area contributed by atoms with Crippen LogP contribution < -0.4 is 5.32 Å². The zero-order valence-electron chi connectivity index (χ0n) is 23.9. The number of halogens is 5. The Labute approximate surface area is 263 Å². The minimum absolute atomic E-state index is 0. The van der Waals surface area contributed by atoms with Crippen LogP contribution >= 0.6 is 36.2 Å². The van der Waals surface area contributed by atoms with E-state index in [1.165, 1.54) is 29.4 Å². The second-order valence-electron chi connectivity index (χ2n) is 11.7. The van der Waals surface area contributed by atoms with Crippen LogP contribution in [0.1, 0.15) is 53.7 Å². The number of rotatable bonds is 6. The van der Waals surface area contributed by atoms with E-state index in [1.807, 2.05) is 20.8 Å². The number of amides is 3. The smallest absolute Gasteiger partial charge is 0.337 e. The molecule has 3 aromatic rings. The zero-order valence-corrected chi connectivity index (χ0v) is 26.4. The van der Waals surface area contributed by atoms with Gasteiger partial charge in [0.1, 0.15) is 5.69 Å². The van der Waals surface area contributed by atoms with E-state index >= 15 is 0 Å². The molecule has 3 aromatic heterocycles. The van der Waals surface area contributed by atoms with E-state index in [2.05, 4.69) is 15.3 Å². The third kappa shape index (κ3) is 5.51. The minimum atomic E-state index is -4.71. The minimum Gasteiger partial charge on any atom is -0.337 e. The first-order chi connectivity index (χ1) is 19.3. The number of fused-ring (bicyclic) bond motifs is 2. The first-order valence-corrected chi connectivity index (χ1v) is 14.5. The van der Waals surface area contributed by atoms with Crippen LogP contribution in [0.4, 0.5) is 13.2 Å². The topological polar surface area (TPSA) is 95.5 Å². The van der Waals surface area contributed by atoms with Gasteiger partial charge in [-0.25, -0.2) is 4.98 Å². The number of hydrogen-bond acceptors (Lipinski definition) is 7. The highest BCUT2D eigenvalue weighted by molar-refractivity contribution is 7.19. The number of pyridine rings is 2. The molecule has 0 bridgehead atoms. The van der Waals surface area contributed by atoms with Gasteiger partial charge in [0.05, 0.1) is 39.9 Å². The van der Waals surface area contributed by atoms with Crippen molar-refractivity contribution in [2.24, 2.45) is 17.3 Å². The molecule has 8 nitrogen and oxygen atoms in total. The van der Waals surface area contributed by atoms with Gasteiger partial charge in [0.15, 0.2) is 0 Å². The summed E-state index contributed by atoms with van der Waals surface area (Å²) in [6, 6.07) is 4.35. The molecule has 5 heterocycles. The third-order valence-corrected chi connectivity index (χ3v) is 9.76. The van der Waals surface area contributed by atoms with Crippen molar-refractivity contribution < 1.29 is 27.6 Å². The number of hydrogen-bond donors (Lipinski definition) is 1. The molecule has 43 heavy (non-hydrogen) atoms. The number of aryl methyl sites for hydroxylation is 1. The molecule has 3 amide bonds. The Kier molecular flexibility index (Phi) is 8.94. The molecule has 1 N–H and O–H groups in total. The monoisotopic (exact) mass is 657 g/mol. The van der Waals surface area contributed by atoms with Crippen molar-refractivity contribution in [2.75, 3.05) is 19.6 Å². The summed E-state index contributed by atoms with van der Waals surface area (Å²) in [6.45, 7) is 9.08. The lowest BCUT2D eigenvalue weighted by Gasteiger charge is -2.21. The Morgan fingerprint density at radius 3 is 2.47 bits per heavy atom. The lowest BCUT2D eigenvalue weighted by Crippen LogP contribution is -2.35. The lowest BCUT2D eigenvalue weighted by atomic mass is 9.99. The number of carbonyl (C=O) groups excluding carboxylic acids is 3. The maximum atomic E-state index is 13.9. The fourth-order valence-electron chi connectivity index (χ4n) is 6.41. The molecule has 3 fully saturated rings. The number of alkyl halides is 3. The fourth-order valence-corrected chi connectivity index (χ4v) is 7.53. The highest BCUT2D eigenvalue weighted by Gasteiger charge is 2.72. The van der Waals surface area contributed by atoms with Crippen molar-refractivity contribution in [3.63, 3.8) is 0 Å². The van der Waals surface area contributed by atoms with Gasteiger partial charge in [-0.3, -0.25) is 24.3 Å². The van der Waals surface area contributed by atoms with Crippen LogP contribution in [-0.4, -0.2) is 63.2 Å². The van der Waals surface area contributed by atoms with Crippen molar-refractivity contribution in [3.8, 4) is 11.3 Å². The van der Waals surface area contributed by atoms with Gasteiger partial charge in [-0.05, 0) is 49.1 Å². The van der Waals surface area contributed by atoms with Crippen molar-refractivity contribution >= 4 is 64.1 Å². The predicted molar refractivity (Wildman–Crippen MR) is 161 cm³/mol. The summed E-state index contributed by atoms with van der Waals surface area (Å²) in [5.41, 5.74) is -0.278. The van der Waals surface area contributed by atoms with Crippen LogP contribution in [0.5, 0.6) is 0 Å². The second kappa shape index (κ2) is 11.6. The summed E-state index contributed by atoms with van der Waals surface area (Å²) in [6.07, 6.45) is -2.48. The van der Waals surface area contributed by atoms with Crippen LogP contribution in [0, 0.1) is 24.2 Å². The Morgan fingerprint density at radius 2 is 1.84 bits per heavy atom. The maximum absolute atomic E-state index is 13.9. The number of thiophene rings is 1. The van der Waals surface area contributed by atoms with Gasteiger partial charge in [-0.1, -0.05) is 20.8 Å². The molecule has 1 saturated carbocycles. The number of likely N-dealkylation sites (N-methyl/N-ethyl adjacent to an activating group) is 1. The van der Waals surface area contributed by atoms with E-state index < -0.39 is 11.9 Å². The molecule has 0 aromatic carbocycles. The highest BCUT2D eigenvalue weighted by atomic mass is 35.5. The number of likely N-dealkylation sites (tertiary alicyclic amines) is 2. The Morgan fingerprint density at radius 1 is 1.16 bits per heavy atom. The number of nitrogens with one attached hydrogen (secondary N) is 1. The summed E-state index contributed by atoms with van der Waals surface area (Å²) in [4.78, 5) is 51.6. The van der Waals surface area contributed by atoms with E-state index in [-0.39, 0.29) is 89.2 Å². The molecule has 3 aliphatic rings. The van der Waals surface area contributed by atoms with Gasteiger partial charge in [0.25, 0.3) is 5.91 Å². The molecular formula is C29H32Cl2F3N5O3S.